The van der Waals surface area contributed by atoms with Crippen molar-refractivity contribution in [2.24, 2.45) is 0 Å². The van der Waals surface area contributed by atoms with Crippen LogP contribution in [0.4, 0.5) is 5.69 Å². The predicted octanol–water partition coefficient (Wildman–Crippen LogP) is 5.28. The molecule has 0 fully saturated rings. The molecule has 2 aromatic carbocycles. The van der Waals surface area contributed by atoms with Crippen molar-refractivity contribution in [3.05, 3.63) is 87.9 Å². The molecule has 168 valence electrons. The molecule has 0 aliphatic heterocycles. The van der Waals surface area contributed by atoms with Crippen LogP contribution in [0.2, 0.25) is 0 Å². The first-order chi connectivity index (χ1) is 15.8. The average Bonchev–Trinajstić information content (AvgIpc) is 3.51. The Kier molecular flexibility index (Phi) is 6.37. The number of carbonyl (C=O) groups excluding carboxylic acids is 2. The van der Waals surface area contributed by atoms with E-state index in [9.17, 15) is 9.59 Å². The smallest absolute Gasteiger partial charge is 0.261 e. The molecule has 33 heavy (non-hydrogen) atoms. The van der Waals surface area contributed by atoms with Crippen LogP contribution in [0.1, 0.15) is 52.3 Å². The van der Waals surface area contributed by atoms with Gasteiger partial charge < -0.3 is 15.2 Å². The molecular formula is C25H24N4O3S. The quantitative estimate of drug-likeness (QED) is 0.408. The number of carbonyl (C=O) groups is 2. The fourth-order valence-electron chi connectivity index (χ4n) is 3.00. The van der Waals surface area contributed by atoms with Gasteiger partial charge in [-0.05, 0) is 53.4 Å². The lowest BCUT2D eigenvalue weighted by molar-refractivity contribution is 0.0953. The van der Waals surface area contributed by atoms with Gasteiger partial charge in [0, 0.05) is 28.8 Å². The van der Waals surface area contributed by atoms with Crippen LogP contribution >= 0.6 is 11.3 Å². The zero-order valence-electron chi connectivity index (χ0n) is 18.6. The minimum absolute atomic E-state index is 0.106. The summed E-state index contributed by atoms with van der Waals surface area (Å²) in [4.78, 5) is 29.8. The van der Waals surface area contributed by atoms with E-state index in [1.807, 2.05) is 56.5 Å². The molecule has 0 unspecified atom stereocenters. The number of nitrogens with one attached hydrogen (secondary N) is 2. The largest absolute Gasteiger partial charge is 0.347 e. The third kappa shape index (κ3) is 5.53. The molecule has 0 saturated carbocycles. The first-order valence-corrected chi connectivity index (χ1v) is 11.3. The fourth-order valence-corrected chi connectivity index (χ4v) is 3.64. The predicted molar refractivity (Wildman–Crippen MR) is 128 cm³/mol. The van der Waals surface area contributed by atoms with E-state index in [1.165, 1.54) is 11.3 Å². The van der Waals surface area contributed by atoms with Crippen LogP contribution in [0, 0.1) is 0 Å². The Bertz CT molecular complexity index is 1240. The number of hydrogen-bond acceptors (Lipinski definition) is 6. The molecule has 2 amide bonds. The van der Waals surface area contributed by atoms with Gasteiger partial charge in [0.25, 0.3) is 11.8 Å². The van der Waals surface area contributed by atoms with Gasteiger partial charge in [-0.25, -0.2) is 0 Å². The molecule has 2 aromatic heterocycles. The van der Waals surface area contributed by atoms with Gasteiger partial charge >= 0.3 is 0 Å². The SMILES string of the molecule is CC(C)(C)c1nc(-c2ccc(NC(=O)c3ccc(CNC(=O)c4cccs4)cc3)cc2)no1. The van der Waals surface area contributed by atoms with Crippen molar-refractivity contribution < 1.29 is 14.1 Å². The van der Waals surface area contributed by atoms with Crippen molar-refractivity contribution in [2.75, 3.05) is 5.32 Å². The number of rotatable bonds is 6. The van der Waals surface area contributed by atoms with Crippen LogP contribution in [-0.2, 0) is 12.0 Å². The maximum absolute atomic E-state index is 12.6. The summed E-state index contributed by atoms with van der Waals surface area (Å²) in [5.41, 5.74) is 2.69. The molecule has 7 nitrogen and oxygen atoms in total. The van der Waals surface area contributed by atoms with E-state index in [-0.39, 0.29) is 17.2 Å². The minimum Gasteiger partial charge on any atom is -0.347 e. The second kappa shape index (κ2) is 9.38. The maximum Gasteiger partial charge on any atom is 0.261 e. The summed E-state index contributed by atoms with van der Waals surface area (Å²) in [6.07, 6.45) is 0. The standard InChI is InChI=1S/C25H24N4O3S/c1-25(2,3)24-28-21(29-32-24)17-10-12-19(13-11-17)27-22(30)18-8-6-16(7-9-18)15-26-23(31)20-5-4-14-33-20/h4-14H,15H2,1-3H3,(H,26,31)(H,27,30). The van der Waals surface area contributed by atoms with E-state index in [1.54, 1.807) is 30.3 Å². The van der Waals surface area contributed by atoms with Crippen LogP contribution in [0.25, 0.3) is 11.4 Å². The Hall–Kier alpha value is -3.78. The molecule has 4 aromatic rings. The van der Waals surface area contributed by atoms with E-state index in [0.717, 1.165) is 11.1 Å². The second-order valence-electron chi connectivity index (χ2n) is 8.56. The summed E-state index contributed by atoms with van der Waals surface area (Å²) in [6.45, 7) is 6.43. The molecule has 8 heteroatoms. The van der Waals surface area contributed by atoms with Crippen LogP contribution in [-0.4, -0.2) is 22.0 Å². The number of hydrogen-bond donors (Lipinski definition) is 2. The number of amides is 2. The minimum atomic E-state index is -0.218. The van der Waals surface area contributed by atoms with Gasteiger partial charge in [0.1, 0.15) is 0 Å². The third-order valence-corrected chi connectivity index (χ3v) is 5.75. The van der Waals surface area contributed by atoms with E-state index in [0.29, 0.717) is 34.4 Å². The van der Waals surface area contributed by atoms with Crippen molar-refractivity contribution in [1.29, 1.82) is 0 Å². The number of aromatic nitrogens is 2. The lowest BCUT2D eigenvalue weighted by Gasteiger charge is -2.10. The van der Waals surface area contributed by atoms with Crippen LogP contribution in [0.15, 0.2) is 70.6 Å². The van der Waals surface area contributed by atoms with Crippen molar-refractivity contribution >= 4 is 28.8 Å². The van der Waals surface area contributed by atoms with E-state index < -0.39 is 0 Å². The molecule has 0 radical (unpaired) electrons. The summed E-state index contributed by atoms with van der Waals surface area (Å²) >= 11 is 1.40. The molecule has 0 saturated heterocycles. The van der Waals surface area contributed by atoms with Crippen molar-refractivity contribution in [3.8, 4) is 11.4 Å². The molecule has 0 bridgehead atoms. The zero-order chi connectivity index (χ0) is 23.4. The highest BCUT2D eigenvalue weighted by Gasteiger charge is 2.22. The summed E-state index contributed by atoms with van der Waals surface area (Å²) in [7, 11) is 0. The fraction of sp³-hybridized carbons (Fsp3) is 0.200. The summed E-state index contributed by atoms with van der Waals surface area (Å²) in [5, 5.41) is 11.7. The monoisotopic (exact) mass is 460 g/mol. The first kappa shape index (κ1) is 22.4. The van der Waals surface area contributed by atoms with Crippen LogP contribution < -0.4 is 10.6 Å². The summed E-state index contributed by atoms with van der Waals surface area (Å²) in [5.74, 6) is 0.765. The van der Waals surface area contributed by atoms with Crippen molar-refractivity contribution in [2.45, 2.75) is 32.7 Å². The van der Waals surface area contributed by atoms with Crippen LogP contribution in [0.3, 0.4) is 0 Å². The summed E-state index contributed by atoms with van der Waals surface area (Å²) in [6, 6.07) is 18.0. The maximum atomic E-state index is 12.6. The van der Waals surface area contributed by atoms with E-state index in [4.69, 9.17) is 4.52 Å². The molecule has 0 aliphatic rings. The van der Waals surface area contributed by atoms with E-state index >= 15 is 0 Å². The first-order valence-electron chi connectivity index (χ1n) is 10.5. The average molecular weight is 461 g/mol. The molecule has 2 heterocycles. The number of nitrogens with zero attached hydrogens (tertiary/aromatic N) is 2. The Balaban J connectivity index is 1.34. The molecule has 4 rings (SSSR count). The lowest BCUT2D eigenvalue weighted by Crippen LogP contribution is -2.21. The van der Waals surface area contributed by atoms with E-state index in [2.05, 4.69) is 20.8 Å². The normalized spacial score (nSPS) is 11.2. The topological polar surface area (TPSA) is 97.1 Å². The number of anilines is 1. The number of benzene rings is 2. The molecule has 0 aliphatic carbocycles. The molecule has 0 atom stereocenters. The molecule has 0 spiro atoms. The summed E-state index contributed by atoms with van der Waals surface area (Å²) < 4.78 is 5.34. The second-order valence-corrected chi connectivity index (χ2v) is 9.51. The highest BCUT2D eigenvalue weighted by molar-refractivity contribution is 7.12. The van der Waals surface area contributed by atoms with Gasteiger partial charge in [-0.2, -0.15) is 4.98 Å². The van der Waals surface area contributed by atoms with Crippen molar-refractivity contribution in [1.82, 2.24) is 15.5 Å². The van der Waals surface area contributed by atoms with Gasteiger partial charge in [-0.1, -0.05) is 44.1 Å². The highest BCUT2D eigenvalue weighted by Crippen LogP contribution is 2.24. The lowest BCUT2D eigenvalue weighted by atomic mass is 9.97. The Morgan fingerprint density at radius 2 is 1.70 bits per heavy atom. The van der Waals surface area contributed by atoms with Gasteiger partial charge in [0.2, 0.25) is 11.7 Å². The van der Waals surface area contributed by atoms with Gasteiger partial charge in [-0.3, -0.25) is 9.59 Å². The number of thiophene rings is 1. The Morgan fingerprint density at radius 1 is 0.970 bits per heavy atom. The van der Waals surface area contributed by atoms with Gasteiger partial charge in [-0.15, -0.1) is 11.3 Å². The molecule has 2 N–H and O–H groups in total. The van der Waals surface area contributed by atoms with Crippen LogP contribution in [0.5, 0.6) is 0 Å². The third-order valence-electron chi connectivity index (χ3n) is 4.88. The van der Waals surface area contributed by atoms with Crippen molar-refractivity contribution in [3.63, 3.8) is 0 Å². The van der Waals surface area contributed by atoms with Gasteiger partial charge in [0.15, 0.2) is 0 Å². The Morgan fingerprint density at radius 3 is 2.30 bits per heavy atom. The van der Waals surface area contributed by atoms with Gasteiger partial charge in [0.05, 0.1) is 4.88 Å². The zero-order valence-corrected chi connectivity index (χ0v) is 19.4. The molecular weight excluding hydrogens is 436 g/mol. The highest BCUT2D eigenvalue weighted by atomic mass is 32.1. The Labute approximate surface area is 195 Å².